The lowest BCUT2D eigenvalue weighted by Gasteiger charge is -2.18. The SMILES string of the molecule is Cc1ccc(C(O)C(O)CCN=[N+]=[N-])c(Cl)c1. The summed E-state index contributed by atoms with van der Waals surface area (Å²) >= 11 is 5.98. The number of azide groups is 1. The molecule has 0 bridgehead atoms. The molecule has 0 aliphatic rings. The van der Waals surface area contributed by atoms with E-state index in [9.17, 15) is 10.2 Å². The Bertz CT molecular complexity index is 433. The van der Waals surface area contributed by atoms with Crippen LogP contribution < -0.4 is 0 Å². The molecule has 6 heteroatoms. The van der Waals surface area contributed by atoms with Gasteiger partial charge in [0.1, 0.15) is 6.10 Å². The van der Waals surface area contributed by atoms with Crippen molar-refractivity contribution in [2.45, 2.75) is 25.6 Å². The summed E-state index contributed by atoms with van der Waals surface area (Å²) in [6.07, 6.45) is -1.88. The van der Waals surface area contributed by atoms with Crippen LogP contribution in [0.25, 0.3) is 10.4 Å². The molecule has 0 heterocycles. The van der Waals surface area contributed by atoms with Gasteiger partial charge >= 0.3 is 0 Å². The van der Waals surface area contributed by atoms with E-state index in [0.717, 1.165) is 5.56 Å². The highest BCUT2D eigenvalue weighted by molar-refractivity contribution is 6.31. The summed E-state index contributed by atoms with van der Waals surface area (Å²) in [6.45, 7) is 2.03. The summed E-state index contributed by atoms with van der Waals surface area (Å²) in [5.41, 5.74) is 9.56. The Morgan fingerprint density at radius 3 is 2.76 bits per heavy atom. The molecule has 0 amide bonds. The molecule has 0 aliphatic carbocycles. The fraction of sp³-hybridized carbons (Fsp3) is 0.455. The normalized spacial score (nSPS) is 13.9. The molecule has 0 radical (unpaired) electrons. The average Bonchev–Trinajstić information content (AvgIpc) is 2.28. The number of aryl methyl sites for hydroxylation is 1. The predicted molar refractivity (Wildman–Crippen MR) is 65.8 cm³/mol. The second-order valence-corrected chi connectivity index (χ2v) is 4.19. The first-order valence-corrected chi connectivity index (χ1v) is 5.57. The van der Waals surface area contributed by atoms with Gasteiger partial charge in [-0.1, -0.05) is 28.8 Å². The summed E-state index contributed by atoms with van der Waals surface area (Å²) < 4.78 is 0. The Balaban J connectivity index is 2.73. The lowest BCUT2D eigenvalue weighted by molar-refractivity contribution is 0.0151. The molecular weight excluding hydrogens is 242 g/mol. The van der Waals surface area contributed by atoms with Crippen LogP contribution >= 0.6 is 11.6 Å². The first-order valence-electron chi connectivity index (χ1n) is 5.19. The van der Waals surface area contributed by atoms with Crippen LogP contribution in [0.3, 0.4) is 0 Å². The molecule has 2 atom stereocenters. The van der Waals surface area contributed by atoms with Crippen LogP contribution in [0.2, 0.25) is 5.02 Å². The van der Waals surface area contributed by atoms with E-state index in [2.05, 4.69) is 10.0 Å². The van der Waals surface area contributed by atoms with Crippen molar-refractivity contribution in [3.63, 3.8) is 0 Å². The van der Waals surface area contributed by atoms with Crippen molar-refractivity contribution < 1.29 is 10.2 Å². The molecular formula is C11H14ClN3O2. The summed E-state index contributed by atoms with van der Waals surface area (Å²) in [7, 11) is 0. The lowest BCUT2D eigenvalue weighted by atomic mass is 10.0. The first-order chi connectivity index (χ1) is 8.06. The number of aliphatic hydroxyl groups is 2. The summed E-state index contributed by atoms with van der Waals surface area (Å²) in [4.78, 5) is 2.58. The Hall–Kier alpha value is -1.26. The highest BCUT2D eigenvalue weighted by Gasteiger charge is 2.20. The van der Waals surface area contributed by atoms with E-state index in [1.807, 2.05) is 13.0 Å². The van der Waals surface area contributed by atoms with Gasteiger partial charge in [0.25, 0.3) is 0 Å². The number of hydrogen-bond donors (Lipinski definition) is 2. The quantitative estimate of drug-likeness (QED) is 0.481. The third-order valence-electron chi connectivity index (χ3n) is 2.43. The maximum absolute atomic E-state index is 9.89. The molecule has 0 spiro atoms. The van der Waals surface area contributed by atoms with Crippen LogP contribution in [0, 0.1) is 6.92 Å². The molecule has 5 nitrogen and oxygen atoms in total. The zero-order valence-corrected chi connectivity index (χ0v) is 10.2. The van der Waals surface area contributed by atoms with Crippen molar-refractivity contribution in [3.05, 3.63) is 44.8 Å². The van der Waals surface area contributed by atoms with Gasteiger partial charge in [0.15, 0.2) is 0 Å². The Morgan fingerprint density at radius 2 is 2.18 bits per heavy atom. The fourth-order valence-electron chi connectivity index (χ4n) is 1.47. The molecule has 0 fully saturated rings. The Labute approximate surface area is 104 Å². The second kappa shape index (κ2) is 6.47. The molecule has 0 aliphatic heterocycles. The number of benzene rings is 1. The van der Waals surface area contributed by atoms with Crippen LogP contribution in [-0.4, -0.2) is 22.9 Å². The van der Waals surface area contributed by atoms with Crippen molar-refractivity contribution in [1.82, 2.24) is 0 Å². The van der Waals surface area contributed by atoms with Crippen molar-refractivity contribution in [1.29, 1.82) is 0 Å². The van der Waals surface area contributed by atoms with E-state index in [-0.39, 0.29) is 13.0 Å². The standard InChI is InChI=1S/C11H14ClN3O2/c1-7-2-3-8(9(12)6-7)11(17)10(16)4-5-14-15-13/h2-3,6,10-11,16-17H,4-5H2,1H3. The first kappa shape index (κ1) is 13.8. The number of nitrogens with zero attached hydrogens (tertiary/aromatic N) is 3. The van der Waals surface area contributed by atoms with Gasteiger partial charge in [0.2, 0.25) is 0 Å². The number of hydrogen-bond acceptors (Lipinski definition) is 3. The zero-order chi connectivity index (χ0) is 12.8. The summed E-state index contributed by atoms with van der Waals surface area (Å²) in [5.74, 6) is 0. The maximum atomic E-state index is 9.89. The number of rotatable bonds is 5. The largest absolute Gasteiger partial charge is 0.390 e. The monoisotopic (exact) mass is 255 g/mol. The van der Waals surface area contributed by atoms with Crippen LogP contribution in [0.15, 0.2) is 23.3 Å². The van der Waals surface area contributed by atoms with Gasteiger partial charge in [-0.3, -0.25) is 0 Å². The van der Waals surface area contributed by atoms with Crippen molar-refractivity contribution in [3.8, 4) is 0 Å². The molecule has 0 saturated heterocycles. The molecule has 17 heavy (non-hydrogen) atoms. The van der Waals surface area contributed by atoms with Gasteiger partial charge in [-0.05, 0) is 30.5 Å². The topological polar surface area (TPSA) is 89.2 Å². The minimum absolute atomic E-state index is 0.137. The van der Waals surface area contributed by atoms with Gasteiger partial charge in [0.05, 0.1) is 6.10 Å². The van der Waals surface area contributed by atoms with Gasteiger partial charge in [-0.25, -0.2) is 0 Å². The van der Waals surface area contributed by atoms with Crippen molar-refractivity contribution >= 4 is 11.6 Å². The van der Waals surface area contributed by atoms with Gasteiger partial charge in [-0.2, -0.15) is 0 Å². The third kappa shape index (κ3) is 3.91. The third-order valence-corrected chi connectivity index (χ3v) is 2.75. The van der Waals surface area contributed by atoms with E-state index >= 15 is 0 Å². The predicted octanol–water partition coefficient (Wildman–Crippen LogP) is 2.74. The van der Waals surface area contributed by atoms with Crippen LogP contribution in [-0.2, 0) is 0 Å². The Kier molecular flexibility index (Phi) is 5.25. The van der Waals surface area contributed by atoms with Crippen LogP contribution in [0.5, 0.6) is 0 Å². The summed E-state index contributed by atoms with van der Waals surface area (Å²) in [5, 5.41) is 23.3. The number of aliphatic hydroxyl groups excluding tert-OH is 2. The minimum Gasteiger partial charge on any atom is -0.390 e. The molecule has 1 aromatic rings. The smallest absolute Gasteiger partial charge is 0.106 e. The van der Waals surface area contributed by atoms with Crippen molar-refractivity contribution in [2.24, 2.45) is 5.11 Å². The lowest BCUT2D eigenvalue weighted by Crippen LogP contribution is -2.19. The van der Waals surface area contributed by atoms with Crippen molar-refractivity contribution in [2.75, 3.05) is 6.54 Å². The fourth-order valence-corrected chi connectivity index (χ4v) is 1.82. The number of halogens is 1. The highest BCUT2D eigenvalue weighted by Crippen LogP contribution is 2.27. The maximum Gasteiger partial charge on any atom is 0.106 e. The van der Waals surface area contributed by atoms with Gasteiger partial charge in [-0.15, -0.1) is 0 Å². The Morgan fingerprint density at radius 1 is 1.47 bits per heavy atom. The van der Waals surface area contributed by atoms with E-state index in [1.165, 1.54) is 0 Å². The molecule has 1 aromatic carbocycles. The zero-order valence-electron chi connectivity index (χ0n) is 9.41. The average molecular weight is 256 g/mol. The summed E-state index contributed by atoms with van der Waals surface area (Å²) in [6, 6.07) is 5.21. The van der Waals surface area contributed by atoms with Crippen LogP contribution in [0.4, 0.5) is 0 Å². The van der Waals surface area contributed by atoms with Crippen LogP contribution in [0.1, 0.15) is 23.7 Å². The van der Waals surface area contributed by atoms with Gasteiger partial charge in [0, 0.05) is 22.0 Å². The van der Waals surface area contributed by atoms with E-state index in [4.69, 9.17) is 17.1 Å². The minimum atomic E-state index is -1.07. The molecule has 2 N–H and O–H groups in total. The van der Waals surface area contributed by atoms with E-state index in [1.54, 1.807) is 12.1 Å². The molecule has 92 valence electrons. The highest BCUT2D eigenvalue weighted by atomic mass is 35.5. The molecule has 1 rings (SSSR count). The van der Waals surface area contributed by atoms with E-state index in [0.29, 0.717) is 10.6 Å². The molecule has 2 unspecified atom stereocenters. The molecule has 0 aromatic heterocycles. The molecule has 0 saturated carbocycles. The second-order valence-electron chi connectivity index (χ2n) is 3.78. The van der Waals surface area contributed by atoms with E-state index < -0.39 is 12.2 Å². The van der Waals surface area contributed by atoms with Gasteiger partial charge < -0.3 is 10.2 Å².